The first-order chi connectivity index (χ1) is 13.6. The van der Waals surface area contributed by atoms with E-state index in [9.17, 15) is 14.0 Å². The molecule has 0 aliphatic heterocycles. The number of para-hydroxylation sites is 2. The van der Waals surface area contributed by atoms with Crippen LogP contribution in [0.2, 0.25) is 0 Å². The number of hydrogen-bond donors (Lipinski definition) is 2. The summed E-state index contributed by atoms with van der Waals surface area (Å²) < 4.78 is 15.2. The number of carbonyl (C=O) groups excluding carboxylic acids is 2. The third-order valence-electron chi connectivity index (χ3n) is 4.29. The molecular formula is C21H23FN4O2. The molecule has 0 unspecified atom stereocenters. The average molecular weight is 382 g/mol. The van der Waals surface area contributed by atoms with Crippen LogP contribution in [0.3, 0.4) is 0 Å². The molecule has 0 bridgehead atoms. The van der Waals surface area contributed by atoms with Gasteiger partial charge in [0.05, 0.1) is 11.0 Å². The number of halogens is 1. The Morgan fingerprint density at radius 3 is 2.71 bits per heavy atom. The number of rotatable bonds is 8. The molecule has 3 rings (SSSR count). The van der Waals surface area contributed by atoms with E-state index in [1.165, 1.54) is 12.1 Å². The van der Waals surface area contributed by atoms with Gasteiger partial charge in [-0.05, 0) is 36.8 Å². The number of fused-ring (bicyclic) bond motifs is 1. The minimum Gasteiger partial charge on any atom is -0.356 e. The van der Waals surface area contributed by atoms with Crippen molar-refractivity contribution < 1.29 is 14.0 Å². The third-order valence-corrected chi connectivity index (χ3v) is 4.29. The summed E-state index contributed by atoms with van der Waals surface area (Å²) in [4.78, 5) is 28.8. The summed E-state index contributed by atoms with van der Waals surface area (Å²) in [5.74, 6) is 0.0424. The Kier molecular flexibility index (Phi) is 6.37. The molecule has 2 aromatic carbocycles. The van der Waals surface area contributed by atoms with Crippen molar-refractivity contribution in [3.8, 4) is 0 Å². The van der Waals surface area contributed by atoms with Crippen LogP contribution in [0, 0.1) is 5.82 Å². The monoisotopic (exact) mass is 382 g/mol. The van der Waals surface area contributed by atoms with E-state index in [1.54, 1.807) is 12.1 Å². The van der Waals surface area contributed by atoms with E-state index in [0.717, 1.165) is 17.5 Å². The summed E-state index contributed by atoms with van der Waals surface area (Å²) in [6, 6.07) is 13.3. The summed E-state index contributed by atoms with van der Waals surface area (Å²) >= 11 is 0. The van der Waals surface area contributed by atoms with Crippen LogP contribution in [0.25, 0.3) is 11.0 Å². The van der Waals surface area contributed by atoms with Gasteiger partial charge >= 0.3 is 0 Å². The van der Waals surface area contributed by atoms with Gasteiger partial charge < -0.3 is 15.2 Å². The number of benzene rings is 2. The van der Waals surface area contributed by atoms with Crippen molar-refractivity contribution in [2.75, 3.05) is 11.9 Å². The molecule has 0 radical (unpaired) electrons. The lowest BCUT2D eigenvalue weighted by atomic mass is 10.3. The molecule has 6 nitrogen and oxygen atoms in total. The number of amides is 2. The van der Waals surface area contributed by atoms with E-state index in [2.05, 4.69) is 15.6 Å². The number of nitrogens with zero attached hydrogens (tertiary/aromatic N) is 2. The molecule has 0 fully saturated rings. The summed E-state index contributed by atoms with van der Waals surface area (Å²) in [7, 11) is 0. The highest BCUT2D eigenvalue weighted by Crippen LogP contribution is 2.17. The second-order valence-corrected chi connectivity index (χ2v) is 6.51. The number of aromatic nitrogens is 2. The molecule has 0 atom stereocenters. The minimum absolute atomic E-state index is 0.00834. The van der Waals surface area contributed by atoms with Gasteiger partial charge in [-0.15, -0.1) is 0 Å². The van der Waals surface area contributed by atoms with Crippen molar-refractivity contribution >= 4 is 28.5 Å². The van der Waals surface area contributed by atoms with Gasteiger partial charge in [0.1, 0.15) is 18.2 Å². The quantitative estimate of drug-likeness (QED) is 0.628. The smallest absolute Gasteiger partial charge is 0.244 e. The molecule has 0 saturated heterocycles. The number of carbonyl (C=O) groups is 2. The first-order valence-electron chi connectivity index (χ1n) is 9.33. The van der Waals surface area contributed by atoms with Crippen LogP contribution in [0.5, 0.6) is 0 Å². The topological polar surface area (TPSA) is 76.0 Å². The van der Waals surface area contributed by atoms with Crippen molar-refractivity contribution in [3.05, 3.63) is 60.2 Å². The Bertz CT molecular complexity index is 983. The number of imidazole rings is 1. The fourth-order valence-corrected chi connectivity index (χ4v) is 3.03. The normalized spacial score (nSPS) is 10.8. The SMILES string of the molecule is CCCC(=O)NCCc1nc2ccccc2n1CC(=O)Nc1cccc(F)c1. The molecule has 1 heterocycles. The molecule has 0 aliphatic carbocycles. The van der Waals surface area contributed by atoms with Crippen molar-refractivity contribution in [2.45, 2.75) is 32.7 Å². The van der Waals surface area contributed by atoms with E-state index in [4.69, 9.17) is 0 Å². The summed E-state index contributed by atoms with van der Waals surface area (Å²) in [5.41, 5.74) is 2.03. The molecule has 0 saturated carbocycles. The maximum Gasteiger partial charge on any atom is 0.244 e. The van der Waals surface area contributed by atoms with Gasteiger partial charge in [0.15, 0.2) is 0 Å². The van der Waals surface area contributed by atoms with Crippen molar-refractivity contribution in [3.63, 3.8) is 0 Å². The zero-order chi connectivity index (χ0) is 19.9. The molecule has 0 spiro atoms. The highest BCUT2D eigenvalue weighted by Gasteiger charge is 2.14. The summed E-state index contributed by atoms with van der Waals surface area (Å²) in [6.07, 6.45) is 1.80. The zero-order valence-corrected chi connectivity index (χ0v) is 15.7. The second-order valence-electron chi connectivity index (χ2n) is 6.51. The molecular weight excluding hydrogens is 359 g/mol. The van der Waals surface area contributed by atoms with E-state index in [-0.39, 0.29) is 18.4 Å². The van der Waals surface area contributed by atoms with Crippen molar-refractivity contribution in [1.29, 1.82) is 0 Å². The van der Waals surface area contributed by atoms with Crippen LogP contribution in [0.1, 0.15) is 25.6 Å². The molecule has 146 valence electrons. The molecule has 0 aliphatic rings. The van der Waals surface area contributed by atoms with Crippen LogP contribution in [0.15, 0.2) is 48.5 Å². The maximum atomic E-state index is 13.3. The first-order valence-corrected chi connectivity index (χ1v) is 9.33. The Hall–Kier alpha value is -3.22. The van der Waals surface area contributed by atoms with Crippen molar-refractivity contribution in [2.24, 2.45) is 0 Å². The summed E-state index contributed by atoms with van der Waals surface area (Å²) in [6.45, 7) is 2.46. The molecule has 2 amide bonds. The molecule has 7 heteroatoms. The number of hydrogen-bond acceptors (Lipinski definition) is 3. The number of nitrogens with one attached hydrogen (secondary N) is 2. The molecule has 28 heavy (non-hydrogen) atoms. The highest BCUT2D eigenvalue weighted by molar-refractivity contribution is 5.91. The van der Waals surface area contributed by atoms with Crippen LogP contribution in [-0.2, 0) is 22.6 Å². The van der Waals surface area contributed by atoms with Crippen LogP contribution in [0.4, 0.5) is 10.1 Å². The highest BCUT2D eigenvalue weighted by atomic mass is 19.1. The van der Waals surface area contributed by atoms with Crippen LogP contribution < -0.4 is 10.6 Å². The fourth-order valence-electron chi connectivity index (χ4n) is 3.03. The van der Waals surface area contributed by atoms with Gasteiger partial charge in [0.2, 0.25) is 11.8 Å². The lowest BCUT2D eigenvalue weighted by Crippen LogP contribution is -2.27. The molecule has 1 aromatic heterocycles. The van der Waals surface area contributed by atoms with E-state index in [1.807, 2.05) is 35.8 Å². The van der Waals surface area contributed by atoms with Crippen LogP contribution >= 0.6 is 0 Å². The van der Waals surface area contributed by atoms with Crippen LogP contribution in [-0.4, -0.2) is 27.9 Å². The average Bonchev–Trinajstić information content (AvgIpc) is 2.99. The largest absolute Gasteiger partial charge is 0.356 e. The molecule has 2 N–H and O–H groups in total. The van der Waals surface area contributed by atoms with E-state index in [0.29, 0.717) is 30.9 Å². The van der Waals surface area contributed by atoms with Gasteiger partial charge in [-0.1, -0.05) is 25.1 Å². The maximum absolute atomic E-state index is 13.3. The Morgan fingerprint density at radius 1 is 1.11 bits per heavy atom. The first kappa shape index (κ1) is 19.5. The molecule has 3 aromatic rings. The zero-order valence-electron chi connectivity index (χ0n) is 15.7. The van der Waals surface area contributed by atoms with E-state index >= 15 is 0 Å². The van der Waals surface area contributed by atoms with Gasteiger partial charge in [0, 0.05) is 25.1 Å². The standard InChI is InChI=1S/C21H23FN4O2/c1-2-6-20(27)23-12-11-19-25-17-9-3-4-10-18(17)26(19)14-21(28)24-16-8-5-7-15(22)13-16/h3-5,7-10,13H,2,6,11-12,14H2,1H3,(H,23,27)(H,24,28). The van der Waals surface area contributed by atoms with Gasteiger partial charge in [-0.25, -0.2) is 9.37 Å². The fraction of sp³-hybridized carbons (Fsp3) is 0.286. The lowest BCUT2D eigenvalue weighted by molar-refractivity contribution is -0.121. The van der Waals surface area contributed by atoms with Gasteiger partial charge in [-0.3, -0.25) is 9.59 Å². The summed E-state index contributed by atoms with van der Waals surface area (Å²) in [5, 5.41) is 5.58. The van der Waals surface area contributed by atoms with Crippen molar-refractivity contribution in [1.82, 2.24) is 14.9 Å². The van der Waals surface area contributed by atoms with E-state index < -0.39 is 5.82 Å². The predicted octanol–water partition coefficient (Wildman–Crippen LogP) is 3.27. The third kappa shape index (κ3) is 4.94. The predicted molar refractivity (Wildman–Crippen MR) is 106 cm³/mol. The Labute approximate surface area is 162 Å². The Balaban J connectivity index is 1.74. The lowest BCUT2D eigenvalue weighted by Gasteiger charge is -2.11. The Morgan fingerprint density at radius 2 is 1.93 bits per heavy atom. The van der Waals surface area contributed by atoms with Gasteiger partial charge in [0.25, 0.3) is 0 Å². The number of anilines is 1. The second kappa shape index (κ2) is 9.12. The van der Waals surface area contributed by atoms with Gasteiger partial charge in [-0.2, -0.15) is 0 Å². The minimum atomic E-state index is -0.408.